The van der Waals surface area contributed by atoms with Crippen molar-refractivity contribution in [2.45, 2.75) is 6.54 Å². The molecule has 2 aromatic carbocycles. The fourth-order valence-corrected chi connectivity index (χ4v) is 2.73. The van der Waals surface area contributed by atoms with Crippen LogP contribution >= 0.6 is 23.2 Å². The minimum Gasteiger partial charge on any atom is -0.411 e. The Balaban J connectivity index is 2.06. The fourth-order valence-electron chi connectivity index (χ4n) is 2.41. The molecule has 0 aliphatic heterocycles. The first-order valence-corrected chi connectivity index (χ1v) is 7.14. The summed E-state index contributed by atoms with van der Waals surface area (Å²) in [5, 5.41) is 14.0. The maximum absolute atomic E-state index is 8.77. The Morgan fingerprint density at radius 3 is 2.67 bits per heavy atom. The number of rotatable bonds is 3. The Morgan fingerprint density at radius 1 is 1.10 bits per heavy atom. The van der Waals surface area contributed by atoms with E-state index < -0.39 is 0 Å². The Hall–Kier alpha value is -1.97. The van der Waals surface area contributed by atoms with Gasteiger partial charge in [0.05, 0.1) is 16.3 Å². The lowest BCUT2D eigenvalue weighted by molar-refractivity contribution is 0.322. The van der Waals surface area contributed by atoms with Gasteiger partial charge in [-0.05, 0) is 23.8 Å². The third-order valence-electron chi connectivity index (χ3n) is 3.35. The maximum atomic E-state index is 8.77. The first-order valence-electron chi connectivity index (χ1n) is 6.38. The number of para-hydroxylation sites is 1. The average Bonchev–Trinajstić information content (AvgIpc) is 2.82. The van der Waals surface area contributed by atoms with Crippen LogP contribution in [0, 0.1) is 0 Å². The van der Waals surface area contributed by atoms with Gasteiger partial charge < -0.3 is 9.77 Å². The van der Waals surface area contributed by atoms with Gasteiger partial charge >= 0.3 is 0 Å². The summed E-state index contributed by atoms with van der Waals surface area (Å²) in [5.41, 5.74) is 2.99. The van der Waals surface area contributed by atoms with Crippen molar-refractivity contribution in [2.75, 3.05) is 0 Å². The average molecular weight is 319 g/mol. The molecule has 1 heterocycles. The molecule has 0 unspecified atom stereocenters. The SMILES string of the molecule is ON=Cc1cn(Cc2ccc(Cl)c(Cl)c2)c2ccccc12. The van der Waals surface area contributed by atoms with E-state index in [1.165, 1.54) is 6.21 Å². The Kier molecular flexibility index (Phi) is 3.86. The van der Waals surface area contributed by atoms with Gasteiger partial charge in [0.15, 0.2) is 0 Å². The second-order valence-corrected chi connectivity index (χ2v) is 5.54. The van der Waals surface area contributed by atoms with Crippen molar-refractivity contribution in [3.05, 3.63) is 69.8 Å². The van der Waals surface area contributed by atoms with Gasteiger partial charge in [0.1, 0.15) is 0 Å². The molecule has 0 aliphatic carbocycles. The van der Waals surface area contributed by atoms with Crippen molar-refractivity contribution < 1.29 is 5.21 Å². The first kappa shape index (κ1) is 14.0. The molecule has 0 radical (unpaired) electrons. The molecule has 0 saturated carbocycles. The van der Waals surface area contributed by atoms with Crippen LogP contribution in [0.15, 0.2) is 53.8 Å². The number of oxime groups is 1. The molecule has 0 fully saturated rings. The normalized spacial score (nSPS) is 11.5. The predicted octanol–water partition coefficient (Wildman–Crippen LogP) is 4.80. The number of aromatic nitrogens is 1. The van der Waals surface area contributed by atoms with Crippen LogP contribution in [-0.4, -0.2) is 16.0 Å². The molecule has 1 N–H and O–H groups in total. The molecule has 0 saturated heterocycles. The van der Waals surface area contributed by atoms with E-state index >= 15 is 0 Å². The van der Waals surface area contributed by atoms with Crippen LogP contribution in [0.3, 0.4) is 0 Å². The van der Waals surface area contributed by atoms with Crippen LogP contribution in [0.4, 0.5) is 0 Å². The van der Waals surface area contributed by atoms with Crippen LogP contribution in [0.25, 0.3) is 10.9 Å². The third-order valence-corrected chi connectivity index (χ3v) is 4.09. The summed E-state index contributed by atoms with van der Waals surface area (Å²) in [5.74, 6) is 0. The maximum Gasteiger partial charge on any atom is 0.0755 e. The van der Waals surface area contributed by atoms with Crippen LogP contribution < -0.4 is 0 Å². The highest BCUT2D eigenvalue weighted by Crippen LogP contribution is 2.25. The molecule has 0 atom stereocenters. The molecule has 3 rings (SSSR count). The summed E-state index contributed by atoms with van der Waals surface area (Å²) < 4.78 is 2.09. The van der Waals surface area contributed by atoms with Gasteiger partial charge in [0.25, 0.3) is 0 Å². The van der Waals surface area contributed by atoms with Crippen molar-refractivity contribution in [1.82, 2.24) is 4.57 Å². The van der Waals surface area contributed by atoms with E-state index in [1.807, 2.05) is 42.6 Å². The number of nitrogens with zero attached hydrogens (tertiary/aromatic N) is 2. The minimum absolute atomic E-state index is 0.544. The van der Waals surface area contributed by atoms with E-state index in [2.05, 4.69) is 9.72 Å². The quantitative estimate of drug-likeness (QED) is 0.420. The predicted molar refractivity (Wildman–Crippen MR) is 86.9 cm³/mol. The minimum atomic E-state index is 0.544. The zero-order valence-corrected chi connectivity index (χ0v) is 12.5. The lowest BCUT2D eigenvalue weighted by Crippen LogP contribution is -1.97. The molecular formula is C16H12Cl2N2O. The second-order valence-electron chi connectivity index (χ2n) is 4.72. The summed E-state index contributed by atoms with van der Waals surface area (Å²) in [6.07, 6.45) is 3.39. The largest absolute Gasteiger partial charge is 0.411 e. The summed E-state index contributed by atoms with van der Waals surface area (Å²) in [4.78, 5) is 0. The van der Waals surface area contributed by atoms with Gasteiger partial charge in [-0.25, -0.2) is 0 Å². The molecule has 5 heteroatoms. The van der Waals surface area contributed by atoms with Crippen molar-refractivity contribution in [1.29, 1.82) is 0 Å². The summed E-state index contributed by atoms with van der Waals surface area (Å²) >= 11 is 12.0. The molecule has 3 nitrogen and oxygen atoms in total. The molecule has 0 aliphatic rings. The lowest BCUT2D eigenvalue weighted by Gasteiger charge is -2.06. The molecule has 3 aromatic rings. The number of hydrogen-bond donors (Lipinski definition) is 1. The first-order chi connectivity index (χ1) is 10.2. The van der Waals surface area contributed by atoms with E-state index in [0.29, 0.717) is 16.6 Å². The Labute approximate surface area is 132 Å². The third kappa shape index (κ3) is 2.75. The van der Waals surface area contributed by atoms with Crippen LogP contribution in [0.2, 0.25) is 10.0 Å². The lowest BCUT2D eigenvalue weighted by atomic mass is 10.2. The zero-order valence-electron chi connectivity index (χ0n) is 11.0. The molecule has 106 valence electrons. The number of halogens is 2. The van der Waals surface area contributed by atoms with E-state index in [9.17, 15) is 0 Å². The van der Waals surface area contributed by atoms with Crippen molar-refractivity contribution in [2.24, 2.45) is 5.16 Å². The van der Waals surface area contributed by atoms with Gasteiger partial charge in [-0.3, -0.25) is 0 Å². The van der Waals surface area contributed by atoms with Gasteiger partial charge in [-0.2, -0.15) is 0 Å². The van der Waals surface area contributed by atoms with E-state index in [-0.39, 0.29) is 0 Å². The Morgan fingerprint density at radius 2 is 1.90 bits per heavy atom. The Bertz CT molecular complexity index is 824. The van der Waals surface area contributed by atoms with Crippen molar-refractivity contribution in [3.63, 3.8) is 0 Å². The number of benzene rings is 2. The molecule has 0 bridgehead atoms. The summed E-state index contributed by atoms with van der Waals surface area (Å²) in [6.45, 7) is 0.663. The standard InChI is InChI=1S/C16H12Cl2N2O/c17-14-6-5-11(7-15(14)18)9-20-10-12(8-19-21)13-3-1-2-4-16(13)20/h1-8,10,21H,9H2. The van der Waals surface area contributed by atoms with Gasteiger partial charge in [-0.15, -0.1) is 0 Å². The van der Waals surface area contributed by atoms with Gasteiger partial charge in [-0.1, -0.05) is 52.6 Å². The molecule has 1 aromatic heterocycles. The number of fused-ring (bicyclic) bond motifs is 1. The summed E-state index contributed by atoms with van der Waals surface area (Å²) in [6, 6.07) is 13.6. The van der Waals surface area contributed by atoms with Crippen LogP contribution in [-0.2, 0) is 6.54 Å². The van der Waals surface area contributed by atoms with Crippen molar-refractivity contribution >= 4 is 40.3 Å². The highest BCUT2D eigenvalue weighted by molar-refractivity contribution is 6.42. The van der Waals surface area contributed by atoms with E-state index in [1.54, 1.807) is 6.07 Å². The van der Waals surface area contributed by atoms with E-state index in [4.69, 9.17) is 28.4 Å². The van der Waals surface area contributed by atoms with Gasteiger partial charge in [0, 0.05) is 29.2 Å². The van der Waals surface area contributed by atoms with Crippen molar-refractivity contribution in [3.8, 4) is 0 Å². The second kappa shape index (κ2) is 5.80. The molecule has 21 heavy (non-hydrogen) atoms. The molecular weight excluding hydrogens is 307 g/mol. The highest BCUT2D eigenvalue weighted by Gasteiger charge is 2.08. The molecule has 0 amide bonds. The fraction of sp³-hybridized carbons (Fsp3) is 0.0625. The van der Waals surface area contributed by atoms with E-state index in [0.717, 1.165) is 22.0 Å². The summed E-state index contributed by atoms with van der Waals surface area (Å²) in [7, 11) is 0. The van der Waals surface area contributed by atoms with Gasteiger partial charge in [0.2, 0.25) is 0 Å². The topological polar surface area (TPSA) is 37.5 Å². The van der Waals surface area contributed by atoms with Crippen LogP contribution in [0.5, 0.6) is 0 Å². The van der Waals surface area contributed by atoms with Crippen LogP contribution in [0.1, 0.15) is 11.1 Å². The zero-order chi connectivity index (χ0) is 14.8. The molecule has 0 spiro atoms. The highest BCUT2D eigenvalue weighted by atomic mass is 35.5. The smallest absolute Gasteiger partial charge is 0.0755 e. The number of hydrogen-bond acceptors (Lipinski definition) is 2. The monoisotopic (exact) mass is 318 g/mol.